The van der Waals surface area contributed by atoms with Crippen molar-refractivity contribution in [3.63, 3.8) is 0 Å². The van der Waals surface area contributed by atoms with E-state index in [4.69, 9.17) is 0 Å². The van der Waals surface area contributed by atoms with Crippen LogP contribution in [0.5, 0.6) is 0 Å². The number of hydrogen-bond acceptors (Lipinski definition) is 2. The molecule has 31 heavy (non-hydrogen) atoms. The summed E-state index contributed by atoms with van der Waals surface area (Å²) < 4.78 is 0. The SMILES string of the molecule is O=C([C@@H](Sc1ccccc1)c1ccccc1)N1c2ccccc2CCc2ccccc21. The van der Waals surface area contributed by atoms with Crippen molar-refractivity contribution in [3.8, 4) is 0 Å². The fourth-order valence-electron chi connectivity index (χ4n) is 4.16. The van der Waals surface area contributed by atoms with Crippen LogP contribution in [0.1, 0.15) is 21.9 Å². The van der Waals surface area contributed by atoms with Crippen molar-refractivity contribution < 1.29 is 4.79 Å². The number of amides is 1. The van der Waals surface area contributed by atoms with Gasteiger partial charge in [0, 0.05) is 4.90 Å². The summed E-state index contributed by atoms with van der Waals surface area (Å²) in [6, 6.07) is 36.9. The second-order valence-electron chi connectivity index (χ2n) is 7.65. The van der Waals surface area contributed by atoms with Gasteiger partial charge in [0.1, 0.15) is 5.25 Å². The first-order chi connectivity index (χ1) is 15.3. The van der Waals surface area contributed by atoms with Crippen LogP contribution in [0.25, 0.3) is 0 Å². The fourth-order valence-corrected chi connectivity index (χ4v) is 5.24. The number of carbonyl (C=O) groups excluding carboxylic acids is 1. The van der Waals surface area contributed by atoms with Gasteiger partial charge in [-0.05, 0) is 53.8 Å². The van der Waals surface area contributed by atoms with Crippen molar-refractivity contribution in [2.45, 2.75) is 23.0 Å². The number of rotatable bonds is 4. The van der Waals surface area contributed by atoms with Crippen LogP contribution in [-0.4, -0.2) is 5.91 Å². The highest BCUT2D eigenvalue weighted by Gasteiger charge is 2.32. The smallest absolute Gasteiger partial charge is 0.249 e. The highest BCUT2D eigenvalue weighted by Crippen LogP contribution is 2.43. The van der Waals surface area contributed by atoms with E-state index in [1.165, 1.54) is 11.1 Å². The van der Waals surface area contributed by atoms with Crippen molar-refractivity contribution in [2.75, 3.05) is 4.90 Å². The number of carbonyl (C=O) groups is 1. The summed E-state index contributed by atoms with van der Waals surface area (Å²) in [4.78, 5) is 17.3. The summed E-state index contributed by atoms with van der Waals surface area (Å²) in [5, 5.41) is -0.345. The van der Waals surface area contributed by atoms with Crippen molar-refractivity contribution >= 4 is 29.0 Å². The van der Waals surface area contributed by atoms with Crippen molar-refractivity contribution in [1.29, 1.82) is 0 Å². The number of hydrogen-bond donors (Lipinski definition) is 0. The molecule has 0 aromatic heterocycles. The molecule has 3 heteroatoms. The van der Waals surface area contributed by atoms with Gasteiger partial charge in [-0.25, -0.2) is 0 Å². The number of para-hydroxylation sites is 2. The van der Waals surface area contributed by atoms with Gasteiger partial charge in [-0.15, -0.1) is 11.8 Å². The van der Waals surface area contributed by atoms with Crippen LogP contribution in [-0.2, 0) is 17.6 Å². The lowest BCUT2D eigenvalue weighted by Gasteiger charge is -2.29. The normalized spacial score (nSPS) is 13.6. The Bertz CT molecular complexity index is 1140. The van der Waals surface area contributed by atoms with Crippen LogP contribution in [0.3, 0.4) is 0 Å². The quantitative estimate of drug-likeness (QED) is 0.331. The van der Waals surface area contributed by atoms with E-state index in [9.17, 15) is 4.79 Å². The summed E-state index contributed by atoms with van der Waals surface area (Å²) in [7, 11) is 0. The molecule has 0 radical (unpaired) electrons. The van der Waals surface area contributed by atoms with E-state index in [-0.39, 0.29) is 11.2 Å². The largest absolute Gasteiger partial charge is 0.279 e. The number of benzene rings is 4. The fraction of sp³-hybridized carbons (Fsp3) is 0.107. The maximum Gasteiger partial charge on any atom is 0.249 e. The Hall–Kier alpha value is -3.30. The van der Waals surface area contributed by atoms with Crippen LogP contribution >= 0.6 is 11.8 Å². The molecule has 0 spiro atoms. The van der Waals surface area contributed by atoms with Crippen LogP contribution in [0.2, 0.25) is 0 Å². The Kier molecular flexibility index (Phi) is 5.59. The third-order valence-electron chi connectivity index (χ3n) is 5.67. The van der Waals surface area contributed by atoms with E-state index in [0.29, 0.717) is 0 Å². The molecular formula is C28H23NOS. The second-order valence-corrected chi connectivity index (χ2v) is 8.83. The molecule has 4 aromatic rings. The lowest BCUT2D eigenvalue weighted by atomic mass is 10.0. The first-order valence-electron chi connectivity index (χ1n) is 10.6. The van der Waals surface area contributed by atoms with Gasteiger partial charge in [0.15, 0.2) is 0 Å². The lowest BCUT2D eigenvalue weighted by Crippen LogP contribution is -2.31. The zero-order valence-electron chi connectivity index (χ0n) is 17.1. The average Bonchev–Trinajstić information content (AvgIpc) is 3.00. The summed E-state index contributed by atoms with van der Waals surface area (Å²) in [5.41, 5.74) is 5.42. The topological polar surface area (TPSA) is 20.3 Å². The average molecular weight is 422 g/mol. The molecular weight excluding hydrogens is 398 g/mol. The first-order valence-corrected chi connectivity index (χ1v) is 11.5. The van der Waals surface area contributed by atoms with E-state index in [1.807, 2.05) is 65.6 Å². The number of thioether (sulfide) groups is 1. The van der Waals surface area contributed by atoms with E-state index in [1.54, 1.807) is 11.8 Å². The second kappa shape index (κ2) is 8.83. The monoisotopic (exact) mass is 421 g/mol. The van der Waals surface area contributed by atoms with E-state index >= 15 is 0 Å². The van der Waals surface area contributed by atoms with Crippen LogP contribution < -0.4 is 4.90 Å². The van der Waals surface area contributed by atoms with Gasteiger partial charge in [-0.3, -0.25) is 9.69 Å². The van der Waals surface area contributed by atoms with Gasteiger partial charge >= 0.3 is 0 Å². The molecule has 0 saturated heterocycles. The summed E-state index contributed by atoms with van der Waals surface area (Å²) in [5.74, 6) is 0.0850. The Balaban J connectivity index is 1.64. The molecule has 1 aliphatic heterocycles. The predicted molar refractivity (Wildman–Crippen MR) is 129 cm³/mol. The van der Waals surface area contributed by atoms with Gasteiger partial charge < -0.3 is 0 Å². The molecule has 152 valence electrons. The molecule has 2 nitrogen and oxygen atoms in total. The van der Waals surface area contributed by atoms with Gasteiger partial charge in [0.05, 0.1) is 11.4 Å². The number of anilines is 2. The van der Waals surface area contributed by atoms with Crippen molar-refractivity contribution in [2.24, 2.45) is 0 Å². The van der Waals surface area contributed by atoms with Crippen molar-refractivity contribution in [1.82, 2.24) is 0 Å². The summed E-state index contributed by atoms with van der Waals surface area (Å²) >= 11 is 1.61. The predicted octanol–water partition coefficient (Wildman–Crippen LogP) is 6.98. The molecule has 4 aromatic carbocycles. The Morgan fingerprint density at radius 3 is 1.71 bits per heavy atom. The minimum atomic E-state index is -0.345. The lowest BCUT2D eigenvalue weighted by molar-refractivity contribution is -0.117. The van der Waals surface area contributed by atoms with E-state index in [0.717, 1.165) is 34.7 Å². The first kappa shape index (κ1) is 19.7. The molecule has 5 rings (SSSR count). The standard InChI is InChI=1S/C28H23NOS/c30-28(27(23-13-3-1-4-14-23)31-24-15-5-2-6-16-24)29-25-17-9-7-11-21(25)19-20-22-12-8-10-18-26(22)29/h1-18,27H,19-20H2/t27-/m0/s1. The molecule has 0 aliphatic carbocycles. The molecule has 0 bridgehead atoms. The van der Waals surface area contributed by atoms with Gasteiger partial charge in [0.25, 0.3) is 0 Å². The third-order valence-corrected chi connectivity index (χ3v) is 6.93. The van der Waals surface area contributed by atoms with Gasteiger partial charge in [-0.2, -0.15) is 0 Å². The molecule has 1 heterocycles. The maximum atomic E-state index is 14.3. The Morgan fingerprint density at radius 2 is 1.13 bits per heavy atom. The van der Waals surface area contributed by atoms with Crippen molar-refractivity contribution in [3.05, 3.63) is 126 Å². The maximum absolute atomic E-state index is 14.3. The van der Waals surface area contributed by atoms with Crippen LogP contribution in [0.15, 0.2) is 114 Å². The van der Waals surface area contributed by atoms with Gasteiger partial charge in [0.2, 0.25) is 5.91 Å². The molecule has 0 fully saturated rings. The minimum absolute atomic E-state index is 0.0850. The number of nitrogens with zero attached hydrogens (tertiary/aromatic N) is 1. The molecule has 0 unspecified atom stereocenters. The molecule has 0 saturated carbocycles. The van der Waals surface area contributed by atoms with E-state index in [2.05, 4.69) is 48.5 Å². The summed E-state index contributed by atoms with van der Waals surface area (Å²) in [6.07, 6.45) is 1.86. The molecule has 1 atom stereocenters. The zero-order chi connectivity index (χ0) is 21.0. The Morgan fingerprint density at radius 1 is 0.645 bits per heavy atom. The highest BCUT2D eigenvalue weighted by molar-refractivity contribution is 8.00. The molecule has 1 amide bonds. The minimum Gasteiger partial charge on any atom is -0.279 e. The van der Waals surface area contributed by atoms with Crippen LogP contribution in [0.4, 0.5) is 11.4 Å². The van der Waals surface area contributed by atoms with Gasteiger partial charge in [-0.1, -0.05) is 84.9 Å². The zero-order valence-corrected chi connectivity index (χ0v) is 18.0. The summed E-state index contributed by atoms with van der Waals surface area (Å²) in [6.45, 7) is 0. The number of aryl methyl sites for hydroxylation is 2. The molecule has 1 aliphatic rings. The molecule has 0 N–H and O–H groups in total. The Labute approximate surface area is 187 Å². The van der Waals surface area contributed by atoms with Crippen LogP contribution in [0, 0.1) is 0 Å². The number of fused-ring (bicyclic) bond motifs is 2. The third kappa shape index (κ3) is 4.01. The highest BCUT2D eigenvalue weighted by atomic mass is 32.2. The van der Waals surface area contributed by atoms with E-state index < -0.39 is 0 Å².